The smallest absolute Gasteiger partial charge is 0.255 e. The summed E-state index contributed by atoms with van der Waals surface area (Å²) in [4.78, 5) is 12.2. The van der Waals surface area contributed by atoms with E-state index in [0.29, 0.717) is 23.4 Å². The molecule has 0 saturated carbocycles. The molecule has 0 radical (unpaired) electrons. The summed E-state index contributed by atoms with van der Waals surface area (Å²) in [6, 6.07) is 16.2. The normalized spacial score (nSPS) is 12.9. The van der Waals surface area contributed by atoms with E-state index in [2.05, 4.69) is 10.6 Å². The van der Waals surface area contributed by atoms with Crippen molar-refractivity contribution in [2.75, 3.05) is 11.9 Å². The quantitative estimate of drug-likeness (QED) is 0.763. The minimum absolute atomic E-state index is 0.114. The van der Waals surface area contributed by atoms with Crippen LogP contribution in [-0.2, 0) is 0 Å². The summed E-state index contributed by atoms with van der Waals surface area (Å²) in [6.45, 7) is 4.28. The Morgan fingerprint density at radius 3 is 2.29 bits per heavy atom. The molecule has 2 aromatic carbocycles. The van der Waals surface area contributed by atoms with Crippen LogP contribution in [0.4, 0.5) is 5.69 Å². The van der Waals surface area contributed by atoms with Gasteiger partial charge in [-0.15, -0.1) is 0 Å². The van der Waals surface area contributed by atoms with E-state index in [1.54, 1.807) is 31.2 Å². The molecule has 0 aromatic heterocycles. The Morgan fingerprint density at radius 1 is 1.12 bits per heavy atom. The van der Waals surface area contributed by atoms with Gasteiger partial charge in [-0.3, -0.25) is 4.79 Å². The molecule has 24 heavy (non-hydrogen) atoms. The highest BCUT2D eigenvalue weighted by molar-refractivity contribution is 6.04. The zero-order valence-corrected chi connectivity index (χ0v) is 13.8. The molecule has 0 aliphatic rings. The zero-order valence-electron chi connectivity index (χ0n) is 13.8. The third kappa shape index (κ3) is 4.92. The molecule has 0 heterocycles. The van der Waals surface area contributed by atoms with E-state index in [0.717, 1.165) is 5.56 Å². The van der Waals surface area contributed by atoms with Gasteiger partial charge in [0.15, 0.2) is 0 Å². The first-order chi connectivity index (χ1) is 11.5. The molecule has 0 fully saturated rings. The van der Waals surface area contributed by atoms with Crippen LogP contribution in [0.1, 0.15) is 41.4 Å². The first-order valence-electron chi connectivity index (χ1n) is 7.82. The largest absolute Gasteiger partial charge is 0.392 e. The summed E-state index contributed by atoms with van der Waals surface area (Å²) in [6.07, 6.45) is -0.390. The molecule has 5 nitrogen and oxygen atoms in total. The van der Waals surface area contributed by atoms with E-state index in [1.807, 2.05) is 37.3 Å². The van der Waals surface area contributed by atoms with Crippen LogP contribution < -0.4 is 10.6 Å². The number of amides is 1. The van der Waals surface area contributed by atoms with Gasteiger partial charge in [-0.1, -0.05) is 12.1 Å². The van der Waals surface area contributed by atoms with E-state index in [4.69, 9.17) is 5.26 Å². The Kier molecular flexibility index (Phi) is 6.07. The van der Waals surface area contributed by atoms with Crippen molar-refractivity contribution in [1.29, 1.82) is 5.26 Å². The fourth-order valence-electron chi connectivity index (χ4n) is 2.22. The number of hydrogen-bond acceptors (Lipinski definition) is 4. The van der Waals surface area contributed by atoms with E-state index in [1.165, 1.54) is 0 Å². The van der Waals surface area contributed by atoms with Crippen molar-refractivity contribution < 1.29 is 9.90 Å². The first kappa shape index (κ1) is 17.7. The third-order valence-corrected chi connectivity index (χ3v) is 3.66. The van der Waals surface area contributed by atoms with Crippen molar-refractivity contribution in [3.8, 4) is 6.07 Å². The molecule has 0 aliphatic heterocycles. The second-order valence-electron chi connectivity index (χ2n) is 5.74. The first-order valence-corrected chi connectivity index (χ1v) is 7.82. The van der Waals surface area contributed by atoms with Crippen molar-refractivity contribution in [2.45, 2.75) is 26.0 Å². The van der Waals surface area contributed by atoms with Gasteiger partial charge in [-0.2, -0.15) is 5.26 Å². The van der Waals surface area contributed by atoms with Crippen LogP contribution in [0.25, 0.3) is 0 Å². The van der Waals surface area contributed by atoms with Crippen molar-refractivity contribution in [2.24, 2.45) is 0 Å². The molecule has 1 amide bonds. The highest BCUT2D eigenvalue weighted by atomic mass is 16.3. The monoisotopic (exact) mass is 323 g/mol. The Labute approximate surface area is 141 Å². The number of hydrogen-bond donors (Lipinski definition) is 3. The predicted molar refractivity (Wildman–Crippen MR) is 93.7 cm³/mol. The minimum Gasteiger partial charge on any atom is -0.392 e. The van der Waals surface area contributed by atoms with Gasteiger partial charge < -0.3 is 15.7 Å². The molecule has 0 unspecified atom stereocenters. The molecule has 0 aliphatic carbocycles. The van der Waals surface area contributed by atoms with Gasteiger partial charge in [0, 0.05) is 23.8 Å². The standard InChI is InChI=1S/C19H21N3O2/c1-13(23)12-21-14(2)16-7-9-18(10-8-16)22-19(24)17-5-3-15(11-20)4-6-17/h3-10,13-14,21,23H,12H2,1-2H3,(H,22,24)/t13-,14-/m0/s1. The van der Waals surface area contributed by atoms with Crippen molar-refractivity contribution in [1.82, 2.24) is 5.32 Å². The summed E-state index contributed by atoms with van der Waals surface area (Å²) in [5.41, 5.74) is 2.81. The lowest BCUT2D eigenvalue weighted by atomic mass is 10.1. The summed E-state index contributed by atoms with van der Waals surface area (Å²) in [5.74, 6) is -0.215. The lowest BCUT2D eigenvalue weighted by molar-refractivity contribution is 0.102. The molecule has 0 spiro atoms. The summed E-state index contributed by atoms with van der Waals surface area (Å²) < 4.78 is 0. The maximum absolute atomic E-state index is 12.2. The summed E-state index contributed by atoms with van der Waals surface area (Å²) in [7, 11) is 0. The Morgan fingerprint density at radius 2 is 1.75 bits per heavy atom. The number of nitrogens with one attached hydrogen (secondary N) is 2. The molecule has 2 aromatic rings. The van der Waals surface area contributed by atoms with Gasteiger partial charge >= 0.3 is 0 Å². The second kappa shape index (κ2) is 8.25. The molecule has 3 N–H and O–H groups in total. The average molecular weight is 323 g/mol. The van der Waals surface area contributed by atoms with E-state index in [-0.39, 0.29) is 11.9 Å². The minimum atomic E-state index is -0.390. The van der Waals surface area contributed by atoms with Gasteiger partial charge in [0.05, 0.1) is 17.7 Å². The van der Waals surface area contributed by atoms with Crippen LogP contribution >= 0.6 is 0 Å². The molecule has 5 heteroatoms. The number of aliphatic hydroxyl groups excluding tert-OH is 1. The number of nitriles is 1. The van der Waals surface area contributed by atoms with Crippen LogP contribution in [0, 0.1) is 11.3 Å². The third-order valence-electron chi connectivity index (χ3n) is 3.66. The molecule has 2 atom stereocenters. The molecule has 2 rings (SSSR count). The second-order valence-corrected chi connectivity index (χ2v) is 5.74. The van der Waals surface area contributed by atoms with Crippen molar-refractivity contribution in [3.63, 3.8) is 0 Å². The lowest BCUT2D eigenvalue weighted by Crippen LogP contribution is -2.27. The fourth-order valence-corrected chi connectivity index (χ4v) is 2.22. The summed E-state index contributed by atoms with van der Waals surface area (Å²) in [5, 5.41) is 24.1. The van der Waals surface area contributed by atoms with E-state index < -0.39 is 6.10 Å². The lowest BCUT2D eigenvalue weighted by Gasteiger charge is -2.16. The van der Waals surface area contributed by atoms with Crippen molar-refractivity contribution >= 4 is 11.6 Å². The Balaban J connectivity index is 1.97. The van der Waals surface area contributed by atoms with Gasteiger partial charge in [0.2, 0.25) is 0 Å². The SMILES string of the molecule is C[C@H](O)CN[C@@H](C)c1ccc(NC(=O)c2ccc(C#N)cc2)cc1. The number of aliphatic hydroxyl groups is 1. The number of benzene rings is 2. The fraction of sp³-hybridized carbons (Fsp3) is 0.263. The van der Waals surface area contributed by atoms with Crippen LogP contribution in [0.2, 0.25) is 0 Å². The van der Waals surface area contributed by atoms with Gasteiger partial charge in [-0.25, -0.2) is 0 Å². The van der Waals surface area contributed by atoms with Crippen LogP contribution in [0.5, 0.6) is 0 Å². The van der Waals surface area contributed by atoms with Crippen LogP contribution in [-0.4, -0.2) is 23.7 Å². The highest BCUT2D eigenvalue weighted by Gasteiger charge is 2.08. The van der Waals surface area contributed by atoms with Gasteiger partial charge in [0.25, 0.3) is 5.91 Å². The number of anilines is 1. The topological polar surface area (TPSA) is 85.2 Å². The van der Waals surface area contributed by atoms with Gasteiger partial charge in [0.1, 0.15) is 0 Å². The average Bonchev–Trinajstić information content (AvgIpc) is 2.60. The number of rotatable bonds is 6. The Hall–Kier alpha value is -2.68. The molecule has 0 saturated heterocycles. The van der Waals surface area contributed by atoms with E-state index in [9.17, 15) is 9.90 Å². The highest BCUT2D eigenvalue weighted by Crippen LogP contribution is 2.17. The summed E-state index contributed by atoms with van der Waals surface area (Å²) >= 11 is 0. The van der Waals surface area contributed by atoms with E-state index >= 15 is 0 Å². The van der Waals surface area contributed by atoms with Gasteiger partial charge in [-0.05, 0) is 55.8 Å². The zero-order chi connectivity index (χ0) is 17.5. The number of carbonyl (C=O) groups is 1. The Bertz CT molecular complexity index is 716. The number of nitrogens with zero attached hydrogens (tertiary/aromatic N) is 1. The van der Waals surface area contributed by atoms with Crippen LogP contribution in [0.3, 0.4) is 0 Å². The molecule has 124 valence electrons. The predicted octanol–water partition coefficient (Wildman–Crippen LogP) is 2.84. The number of carbonyl (C=O) groups excluding carboxylic acids is 1. The van der Waals surface area contributed by atoms with Crippen LogP contribution in [0.15, 0.2) is 48.5 Å². The molecular weight excluding hydrogens is 302 g/mol. The maximum Gasteiger partial charge on any atom is 0.255 e. The van der Waals surface area contributed by atoms with Crippen molar-refractivity contribution in [3.05, 3.63) is 65.2 Å². The molecular formula is C19H21N3O2. The maximum atomic E-state index is 12.2. The molecule has 0 bridgehead atoms.